The number of aryl methyl sites for hydroxylation is 2. The molecule has 34 heavy (non-hydrogen) atoms. The average molecular weight is 482 g/mol. The smallest absolute Gasteiger partial charge is 0.321 e. The third kappa shape index (κ3) is 4.48. The zero-order valence-corrected chi connectivity index (χ0v) is 21.1. The number of rotatable bonds is 2. The molecule has 3 aromatic rings. The Labute approximate surface area is 204 Å². The van der Waals surface area contributed by atoms with Crippen molar-refractivity contribution in [2.24, 2.45) is 11.3 Å². The Morgan fingerprint density at radius 2 is 1.82 bits per heavy atom. The van der Waals surface area contributed by atoms with Crippen LogP contribution in [0, 0.1) is 24.1 Å². The van der Waals surface area contributed by atoms with Gasteiger partial charge in [-0.05, 0) is 67.3 Å². The third-order valence-electron chi connectivity index (χ3n) is 7.19. The molecule has 1 aromatic carbocycles. The summed E-state index contributed by atoms with van der Waals surface area (Å²) < 4.78 is 13.1. The molecule has 0 spiro atoms. The molecule has 0 bridgehead atoms. The fraction of sp³-hybridized carbons (Fsp3) is 0.500. The van der Waals surface area contributed by atoms with Crippen LogP contribution in [0.2, 0.25) is 0 Å². The topological polar surface area (TPSA) is 61.4 Å². The monoisotopic (exact) mass is 481 g/mol. The number of aromatic nitrogens is 2. The largest absolute Gasteiger partial charge is 0.352 e. The molecule has 1 fully saturated rings. The summed E-state index contributed by atoms with van der Waals surface area (Å²) in [6.07, 6.45) is 3.40. The van der Waals surface area contributed by atoms with Crippen LogP contribution in [0.5, 0.6) is 0 Å². The number of urea groups is 1. The molecule has 0 radical (unpaired) electrons. The van der Waals surface area contributed by atoms with E-state index in [0.717, 1.165) is 42.4 Å². The van der Waals surface area contributed by atoms with E-state index in [-0.39, 0.29) is 11.8 Å². The van der Waals surface area contributed by atoms with Crippen molar-refractivity contribution in [3.8, 4) is 0 Å². The highest BCUT2D eigenvalue weighted by atomic mass is 32.1. The Morgan fingerprint density at radius 3 is 2.50 bits per heavy atom. The van der Waals surface area contributed by atoms with Crippen LogP contribution in [-0.4, -0.2) is 47.1 Å². The van der Waals surface area contributed by atoms with Crippen LogP contribution < -0.4 is 10.2 Å². The highest BCUT2D eigenvalue weighted by molar-refractivity contribution is 7.19. The zero-order chi connectivity index (χ0) is 24.0. The van der Waals surface area contributed by atoms with Crippen LogP contribution in [-0.2, 0) is 12.8 Å². The van der Waals surface area contributed by atoms with Gasteiger partial charge in [-0.25, -0.2) is 19.2 Å². The predicted octanol–water partition coefficient (Wildman–Crippen LogP) is 5.64. The number of anilines is 2. The SMILES string of the molecule is Cc1nc(N2CCN(C(=O)Nc3ccc(F)cc3)CC2)c2c3c(sc2n1)CC(C(C)(C)C)CC3. The number of amides is 2. The van der Waals surface area contributed by atoms with E-state index in [4.69, 9.17) is 9.97 Å². The summed E-state index contributed by atoms with van der Waals surface area (Å²) in [5.74, 6) is 2.19. The summed E-state index contributed by atoms with van der Waals surface area (Å²) in [7, 11) is 0. The third-order valence-corrected chi connectivity index (χ3v) is 8.34. The maximum Gasteiger partial charge on any atom is 0.321 e. The fourth-order valence-electron chi connectivity index (χ4n) is 5.09. The first kappa shape index (κ1) is 23.0. The number of hydrogen-bond donors (Lipinski definition) is 1. The van der Waals surface area contributed by atoms with Gasteiger partial charge < -0.3 is 15.1 Å². The second-order valence-electron chi connectivity index (χ2n) is 10.5. The molecule has 1 aliphatic carbocycles. The summed E-state index contributed by atoms with van der Waals surface area (Å²) in [6.45, 7) is 11.7. The molecule has 2 aromatic heterocycles. The van der Waals surface area contributed by atoms with E-state index in [1.165, 1.54) is 34.4 Å². The van der Waals surface area contributed by atoms with Crippen molar-refractivity contribution in [2.45, 2.75) is 47.0 Å². The lowest BCUT2D eigenvalue weighted by atomic mass is 9.72. The van der Waals surface area contributed by atoms with Crippen LogP contribution in [0.25, 0.3) is 10.2 Å². The molecule has 0 saturated carbocycles. The number of nitrogens with one attached hydrogen (secondary N) is 1. The summed E-state index contributed by atoms with van der Waals surface area (Å²) in [6, 6.07) is 5.70. The molecule has 1 aliphatic heterocycles. The van der Waals surface area contributed by atoms with Gasteiger partial charge in [0.25, 0.3) is 0 Å². The molecule has 2 amide bonds. The second kappa shape index (κ2) is 8.80. The minimum atomic E-state index is -0.317. The average Bonchev–Trinajstić information content (AvgIpc) is 3.17. The Hall–Kier alpha value is -2.74. The van der Waals surface area contributed by atoms with E-state index in [0.29, 0.717) is 30.1 Å². The number of piperazine rings is 1. The first-order valence-corrected chi connectivity index (χ1v) is 12.9. The fourth-order valence-corrected chi connectivity index (χ4v) is 6.43. The van der Waals surface area contributed by atoms with E-state index in [1.807, 2.05) is 23.2 Å². The minimum Gasteiger partial charge on any atom is -0.352 e. The summed E-state index contributed by atoms with van der Waals surface area (Å²) >= 11 is 1.84. The number of nitrogens with zero attached hydrogens (tertiary/aromatic N) is 4. The highest BCUT2D eigenvalue weighted by Gasteiger charge is 2.33. The molecule has 1 unspecified atom stereocenters. The Bertz CT molecular complexity index is 1210. The van der Waals surface area contributed by atoms with E-state index in [1.54, 1.807) is 12.1 Å². The van der Waals surface area contributed by atoms with Gasteiger partial charge in [-0.3, -0.25) is 0 Å². The Balaban J connectivity index is 1.34. The lowest BCUT2D eigenvalue weighted by Crippen LogP contribution is -2.50. The van der Waals surface area contributed by atoms with Crippen molar-refractivity contribution in [2.75, 3.05) is 36.4 Å². The lowest BCUT2D eigenvalue weighted by molar-refractivity contribution is 0.208. The van der Waals surface area contributed by atoms with Gasteiger partial charge in [0.1, 0.15) is 22.3 Å². The molecule has 5 rings (SSSR count). The van der Waals surface area contributed by atoms with Crippen molar-refractivity contribution in [1.82, 2.24) is 14.9 Å². The molecule has 1 atom stereocenters. The maximum atomic E-state index is 13.1. The molecule has 2 aliphatic rings. The standard InChI is InChI=1S/C26H32FN5OS/c1-16-28-23(22-20-10-5-17(26(2,3)4)15-21(20)34-24(22)29-16)31-11-13-32(14-12-31)25(33)30-19-8-6-18(27)7-9-19/h6-9,17H,5,10-15H2,1-4H3,(H,30,33). The maximum absolute atomic E-state index is 13.1. The Kier molecular flexibility index (Phi) is 5.96. The van der Waals surface area contributed by atoms with Crippen LogP contribution in [0.3, 0.4) is 0 Å². The van der Waals surface area contributed by atoms with Crippen molar-refractivity contribution < 1.29 is 9.18 Å². The Morgan fingerprint density at radius 1 is 1.12 bits per heavy atom. The molecule has 180 valence electrons. The van der Waals surface area contributed by atoms with Crippen molar-refractivity contribution >= 4 is 39.1 Å². The van der Waals surface area contributed by atoms with Crippen molar-refractivity contribution in [3.05, 3.63) is 46.3 Å². The van der Waals surface area contributed by atoms with Crippen LogP contribution in [0.15, 0.2) is 24.3 Å². The second-order valence-corrected chi connectivity index (χ2v) is 11.6. The van der Waals surface area contributed by atoms with Crippen molar-refractivity contribution in [3.63, 3.8) is 0 Å². The van der Waals surface area contributed by atoms with Gasteiger partial charge in [-0.2, -0.15) is 0 Å². The minimum absolute atomic E-state index is 0.156. The summed E-state index contributed by atoms with van der Waals surface area (Å²) in [4.78, 5) is 29.1. The van der Waals surface area contributed by atoms with Gasteiger partial charge >= 0.3 is 6.03 Å². The molecule has 3 heterocycles. The van der Waals surface area contributed by atoms with E-state index < -0.39 is 0 Å². The summed E-state index contributed by atoms with van der Waals surface area (Å²) in [5, 5.41) is 4.09. The van der Waals surface area contributed by atoms with Gasteiger partial charge in [0, 0.05) is 36.7 Å². The van der Waals surface area contributed by atoms with Gasteiger partial charge in [0.15, 0.2) is 0 Å². The first-order valence-electron chi connectivity index (χ1n) is 12.0. The highest BCUT2D eigenvalue weighted by Crippen LogP contribution is 2.45. The van der Waals surface area contributed by atoms with Crippen LogP contribution in [0.4, 0.5) is 20.7 Å². The van der Waals surface area contributed by atoms with Gasteiger partial charge in [0.2, 0.25) is 0 Å². The zero-order valence-electron chi connectivity index (χ0n) is 20.3. The van der Waals surface area contributed by atoms with Gasteiger partial charge in [0.05, 0.1) is 5.39 Å². The molecule has 8 heteroatoms. The molecular formula is C26H32FN5OS. The lowest BCUT2D eigenvalue weighted by Gasteiger charge is -2.36. The number of thiophene rings is 1. The van der Waals surface area contributed by atoms with E-state index in [9.17, 15) is 9.18 Å². The number of hydrogen-bond acceptors (Lipinski definition) is 5. The quantitative estimate of drug-likeness (QED) is 0.514. The number of carbonyl (C=O) groups excluding carboxylic acids is 1. The first-order chi connectivity index (χ1) is 16.2. The van der Waals surface area contributed by atoms with Crippen LogP contribution in [0.1, 0.15) is 43.5 Å². The van der Waals surface area contributed by atoms with E-state index in [2.05, 4.69) is 31.0 Å². The molecule has 6 nitrogen and oxygen atoms in total. The van der Waals surface area contributed by atoms with Gasteiger partial charge in [-0.1, -0.05) is 20.8 Å². The predicted molar refractivity (Wildman–Crippen MR) is 136 cm³/mol. The molecule has 1 N–H and O–H groups in total. The normalized spacial score (nSPS) is 18.8. The number of fused-ring (bicyclic) bond motifs is 3. The van der Waals surface area contributed by atoms with Crippen LogP contribution >= 0.6 is 11.3 Å². The summed E-state index contributed by atoms with van der Waals surface area (Å²) in [5.41, 5.74) is 2.34. The molecular weight excluding hydrogens is 449 g/mol. The number of halogens is 1. The molecule has 1 saturated heterocycles. The number of benzene rings is 1. The van der Waals surface area contributed by atoms with E-state index >= 15 is 0 Å². The van der Waals surface area contributed by atoms with Gasteiger partial charge in [-0.15, -0.1) is 11.3 Å². The number of carbonyl (C=O) groups is 1. The van der Waals surface area contributed by atoms with Crippen molar-refractivity contribution in [1.29, 1.82) is 0 Å².